The summed E-state index contributed by atoms with van der Waals surface area (Å²) >= 11 is 3.32. The Morgan fingerprint density at radius 1 is 1.36 bits per heavy atom. The van der Waals surface area contributed by atoms with Crippen LogP contribution in [0.3, 0.4) is 0 Å². The zero-order valence-electron chi connectivity index (χ0n) is 8.72. The smallest absolute Gasteiger partial charge is 0.236 e. The number of carbonyl (C=O) groups is 1. The van der Waals surface area contributed by atoms with E-state index in [-0.39, 0.29) is 18.1 Å². The molecule has 4 heteroatoms. The summed E-state index contributed by atoms with van der Waals surface area (Å²) in [7, 11) is 0. The number of hydrogen-bond donors (Lipinski definition) is 2. The molecule has 1 aliphatic carbocycles. The van der Waals surface area contributed by atoms with Gasteiger partial charge < -0.3 is 10.4 Å². The Morgan fingerprint density at radius 2 is 1.86 bits per heavy atom. The summed E-state index contributed by atoms with van der Waals surface area (Å²) in [6, 6.07) is 0.239. The Labute approximate surface area is 93.4 Å². The molecular formula is C10H18BrNO2. The Morgan fingerprint density at radius 3 is 2.29 bits per heavy atom. The van der Waals surface area contributed by atoms with Gasteiger partial charge in [-0.3, -0.25) is 4.79 Å². The molecule has 1 fully saturated rings. The zero-order chi connectivity index (χ0) is 10.8. The maximum atomic E-state index is 11.6. The second-order valence-corrected chi connectivity index (χ2v) is 6.43. The lowest BCUT2D eigenvalue weighted by Gasteiger charge is -2.28. The largest absolute Gasteiger partial charge is 0.393 e. The van der Waals surface area contributed by atoms with E-state index in [1.54, 1.807) is 0 Å². The van der Waals surface area contributed by atoms with Crippen molar-refractivity contribution in [3.05, 3.63) is 0 Å². The van der Waals surface area contributed by atoms with Gasteiger partial charge in [0.1, 0.15) is 0 Å². The molecule has 14 heavy (non-hydrogen) atoms. The highest BCUT2D eigenvalue weighted by atomic mass is 79.9. The van der Waals surface area contributed by atoms with Crippen molar-refractivity contribution in [3.8, 4) is 0 Å². The van der Waals surface area contributed by atoms with Gasteiger partial charge in [0.2, 0.25) is 5.91 Å². The molecule has 1 saturated carbocycles. The summed E-state index contributed by atoms with van der Waals surface area (Å²) in [6.45, 7) is 3.67. The van der Waals surface area contributed by atoms with Crippen molar-refractivity contribution >= 4 is 21.8 Å². The molecule has 0 unspecified atom stereocenters. The Hall–Kier alpha value is -0.0900. The first kappa shape index (κ1) is 12.0. The van der Waals surface area contributed by atoms with Gasteiger partial charge in [-0.1, -0.05) is 15.9 Å². The predicted octanol–water partition coefficient (Wildman–Crippen LogP) is 1.58. The Kier molecular flexibility index (Phi) is 3.95. The van der Waals surface area contributed by atoms with E-state index in [9.17, 15) is 9.90 Å². The van der Waals surface area contributed by atoms with Crippen molar-refractivity contribution in [2.45, 2.75) is 56.0 Å². The van der Waals surface area contributed by atoms with Crippen LogP contribution < -0.4 is 5.32 Å². The topological polar surface area (TPSA) is 49.3 Å². The summed E-state index contributed by atoms with van der Waals surface area (Å²) in [5, 5.41) is 12.3. The van der Waals surface area contributed by atoms with E-state index in [0.717, 1.165) is 25.7 Å². The number of carbonyl (C=O) groups excluding carboxylic acids is 1. The molecule has 1 rings (SSSR count). The van der Waals surface area contributed by atoms with Crippen LogP contribution in [0, 0.1) is 0 Å². The molecule has 0 aliphatic heterocycles. The van der Waals surface area contributed by atoms with E-state index in [2.05, 4.69) is 21.2 Å². The van der Waals surface area contributed by atoms with Crippen molar-refractivity contribution in [3.63, 3.8) is 0 Å². The average molecular weight is 264 g/mol. The molecule has 1 amide bonds. The van der Waals surface area contributed by atoms with Gasteiger partial charge in [0.25, 0.3) is 0 Å². The van der Waals surface area contributed by atoms with E-state index < -0.39 is 4.32 Å². The molecule has 3 nitrogen and oxygen atoms in total. The highest BCUT2D eigenvalue weighted by Gasteiger charge is 2.27. The molecule has 0 aromatic carbocycles. The first-order valence-corrected chi connectivity index (χ1v) is 5.87. The lowest BCUT2D eigenvalue weighted by molar-refractivity contribution is -0.123. The van der Waals surface area contributed by atoms with Crippen LogP contribution in [0.1, 0.15) is 39.5 Å². The molecule has 0 atom stereocenters. The predicted molar refractivity (Wildman–Crippen MR) is 59.4 cm³/mol. The number of hydrogen-bond acceptors (Lipinski definition) is 2. The lowest BCUT2D eigenvalue weighted by atomic mass is 9.93. The van der Waals surface area contributed by atoms with Gasteiger partial charge in [-0.25, -0.2) is 0 Å². The monoisotopic (exact) mass is 263 g/mol. The molecule has 0 spiro atoms. The third-order valence-electron chi connectivity index (χ3n) is 2.57. The quantitative estimate of drug-likeness (QED) is 0.744. The Balaban J connectivity index is 2.35. The third kappa shape index (κ3) is 3.58. The summed E-state index contributed by atoms with van der Waals surface area (Å²) < 4.78 is -0.497. The first-order valence-electron chi connectivity index (χ1n) is 5.07. The molecule has 82 valence electrons. The average Bonchev–Trinajstić information content (AvgIpc) is 2.07. The normalized spacial score (nSPS) is 28.6. The molecular weight excluding hydrogens is 246 g/mol. The molecule has 0 heterocycles. The number of nitrogens with one attached hydrogen (secondary N) is 1. The molecule has 0 aromatic heterocycles. The van der Waals surface area contributed by atoms with Gasteiger partial charge in [-0.2, -0.15) is 0 Å². The van der Waals surface area contributed by atoms with Gasteiger partial charge in [0.05, 0.1) is 10.4 Å². The minimum absolute atomic E-state index is 0.0267. The first-order chi connectivity index (χ1) is 6.39. The van der Waals surface area contributed by atoms with Gasteiger partial charge >= 0.3 is 0 Å². The van der Waals surface area contributed by atoms with Crippen molar-refractivity contribution < 1.29 is 9.90 Å². The molecule has 0 radical (unpaired) electrons. The van der Waals surface area contributed by atoms with Crippen LogP contribution in [0.5, 0.6) is 0 Å². The number of alkyl halides is 1. The van der Waals surface area contributed by atoms with Crippen LogP contribution in [-0.4, -0.2) is 27.5 Å². The van der Waals surface area contributed by atoms with Crippen molar-refractivity contribution in [1.82, 2.24) is 5.32 Å². The molecule has 1 aliphatic rings. The fourth-order valence-corrected chi connectivity index (χ4v) is 1.69. The van der Waals surface area contributed by atoms with Crippen molar-refractivity contribution in [2.24, 2.45) is 0 Å². The van der Waals surface area contributed by atoms with Crippen LogP contribution in [0.4, 0.5) is 0 Å². The second kappa shape index (κ2) is 4.62. The van der Waals surface area contributed by atoms with Crippen LogP contribution in [0.15, 0.2) is 0 Å². The molecule has 2 N–H and O–H groups in total. The number of rotatable bonds is 2. The maximum absolute atomic E-state index is 11.6. The third-order valence-corrected chi connectivity index (χ3v) is 2.93. The highest BCUT2D eigenvalue weighted by molar-refractivity contribution is 9.10. The molecule has 0 saturated heterocycles. The number of aliphatic hydroxyl groups excluding tert-OH is 1. The highest BCUT2D eigenvalue weighted by Crippen LogP contribution is 2.21. The van der Waals surface area contributed by atoms with Gasteiger partial charge in [0, 0.05) is 6.04 Å². The minimum atomic E-state index is -0.497. The maximum Gasteiger partial charge on any atom is 0.236 e. The standard InChI is InChI=1S/C10H18BrNO2/c1-10(2,11)9(14)12-7-3-5-8(13)6-4-7/h7-8,13H,3-6H2,1-2H3,(H,12,14)/t7-,8-. The summed E-state index contributed by atoms with van der Waals surface area (Å²) in [4.78, 5) is 11.6. The van der Waals surface area contributed by atoms with E-state index in [1.165, 1.54) is 0 Å². The molecule has 0 aromatic rings. The number of amides is 1. The van der Waals surface area contributed by atoms with E-state index in [4.69, 9.17) is 0 Å². The number of aliphatic hydroxyl groups is 1. The number of halogens is 1. The SMILES string of the molecule is CC(C)(Br)C(=O)N[C@H]1CC[C@H](O)CC1. The van der Waals surface area contributed by atoms with Crippen LogP contribution in [0.25, 0.3) is 0 Å². The lowest BCUT2D eigenvalue weighted by Crippen LogP contribution is -2.45. The fraction of sp³-hybridized carbons (Fsp3) is 0.900. The summed E-state index contributed by atoms with van der Waals surface area (Å²) in [5.41, 5.74) is 0. The zero-order valence-corrected chi connectivity index (χ0v) is 10.3. The summed E-state index contributed by atoms with van der Waals surface area (Å²) in [6.07, 6.45) is 3.20. The molecule has 0 bridgehead atoms. The second-order valence-electron chi connectivity index (χ2n) is 4.45. The van der Waals surface area contributed by atoms with E-state index in [0.29, 0.717) is 0 Å². The summed E-state index contributed by atoms with van der Waals surface area (Å²) in [5.74, 6) is 0.0267. The van der Waals surface area contributed by atoms with E-state index >= 15 is 0 Å². The van der Waals surface area contributed by atoms with Crippen LogP contribution in [0.2, 0.25) is 0 Å². The van der Waals surface area contributed by atoms with Gasteiger partial charge in [-0.15, -0.1) is 0 Å². The van der Waals surface area contributed by atoms with Crippen LogP contribution in [-0.2, 0) is 4.79 Å². The van der Waals surface area contributed by atoms with Gasteiger partial charge in [-0.05, 0) is 39.5 Å². The van der Waals surface area contributed by atoms with E-state index in [1.807, 2.05) is 13.8 Å². The van der Waals surface area contributed by atoms with Crippen molar-refractivity contribution in [2.75, 3.05) is 0 Å². The van der Waals surface area contributed by atoms with Crippen LogP contribution >= 0.6 is 15.9 Å². The Bertz CT molecular complexity index is 205. The van der Waals surface area contributed by atoms with Crippen molar-refractivity contribution in [1.29, 1.82) is 0 Å². The van der Waals surface area contributed by atoms with Gasteiger partial charge in [0.15, 0.2) is 0 Å². The fourth-order valence-electron chi connectivity index (χ4n) is 1.58. The minimum Gasteiger partial charge on any atom is -0.393 e.